The third-order valence-corrected chi connectivity index (χ3v) is 3.59. The van der Waals surface area contributed by atoms with E-state index in [-0.39, 0.29) is 11.9 Å². The van der Waals surface area contributed by atoms with Crippen molar-refractivity contribution in [1.29, 1.82) is 0 Å². The van der Waals surface area contributed by atoms with Gasteiger partial charge in [0.25, 0.3) is 0 Å². The van der Waals surface area contributed by atoms with E-state index in [9.17, 15) is 9.59 Å². The SMILES string of the molecule is CC(C)CC(C)OC(=O)O.O=C(Cc1ccccc1)Cc1ccccc1. The predicted octanol–water partition coefficient (Wildman–Crippen LogP) is 5.16. The van der Waals surface area contributed by atoms with E-state index in [2.05, 4.69) is 4.74 Å². The van der Waals surface area contributed by atoms with Gasteiger partial charge in [-0.25, -0.2) is 4.79 Å². The van der Waals surface area contributed by atoms with Crippen molar-refractivity contribution in [3.8, 4) is 0 Å². The van der Waals surface area contributed by atoms with Crippen LogP contribution in [0.5, 0.6) is 0 Å². The zero-order valence-electron chi connectivity index (χ0n) is 15.7. The van der Waals surface area contributed by atoms with Gasteiger partial charge in [0.2, 0.25) is 0 Å². The van der Waals surface area contributed by atoms with Gasteiger partial charge < -0.3 is 9.84 Å². The summed E-state index contributed by atoms with van der Waals surface area (Å²) in [7, 11) is 0. The second kappa shape index (κ2) is 11.9. The topological polar surface area (TPSA) is 63.6 Å². The van der Waals surface area contributed by atoms with Crippen molar-refractivity contribution >= 4 is 11.9 Å². The second-order valence-corrected chi connectivity index (χ2v) is 6.69. The highest BCUT2D eigenvalue weighted by Crippen LogP contribution is 2.07. The average molecular weight is 356 g/mol. The number of ketones is 1. The zero-order valence-corrected chi connectivity index (χ0v) is 15.7. The zero-order chi connectivity index (χ0) is 19.4. The van der Waals surface area contributed by atoms with Gasteiger partial charge in [0.15, 0.2) is 0 Å². The number of carbonyl (C=O) groups excluding carboxylic acids is 1. The minimum absolute atomic E-state index is 0.183. The maximum Gasteiger partial charge on any atom is 0.506 e. The molecule has 0 aromatic heterocycles. The molecule has 0 fully saturated rings. The van der Waals surface area contributed by atoms with E-state index in [0.717, 1.165) is 17.5 Å². The van der Waals surface area contributed by atoms with Gasteiger partial charge in [-0.05, 0) is 30.4 Å². The van der Waals surface area contributed by atoms with Crippen LogP contribution in [0.4, 0.5) is 4.79 Å². The maximum atomic E-state index is 11.8. The molecule has 1 atom stereocenters. The number of benzene rings is 2. The molecule has 4 heteroatoms. The molecular weight excluding hydrogens is 328 g/mol. The molecule has 1 unspecified atom stereocenters. The Morgan fingerprint density at radius 2 is 1.27 bits per heavy atom. The van der Waals surface area contributed by atoms with Crippen LogP contribution in [0.25, 0.3) is 0 Å². The number of Topliss-reactive ketones (excluding diaryl/α,β-unsaturated/α-hetero) is 1. The molecule has 0 spiro atoms. The first-order valence-electron chi connectivity index (χ1n) is 8.86. The molecule has 0 saturated carbocycles. The number of carbonyl (C=O) groups is 2. The maximum absolute atomic E-state index is 11.8. The summed E-state index contributed by atoms with van der Waals surface area (Å²) < 4.78 is 4.48. The van der Waals surface area contributed by atoms with Gasteiger partial charge >= 0.3 is 6.16 Å². The van der Waals surface area contributed by atoms with E-state index < -0.39 is 6.16 Å². The van der Waals surface area contributed by atoms with Crippen molar-refractivity contribution in [3.63, 3.8) is 0 Å². The quantitative estimate of drug-likeness (QED) is 0.696. The minimum atomic E-state index is -1.19. The summed E-state index contributed by atoms with van der Waals surface area (Å²) in [4.78, 5) is 21.8. The molecule has 0 bridgehead atoms. The van der Waals surface area contributed by atoms with Gasteiger partial charge in [-0.1, -0.05) is 74.5 Å². The van der Waals surface area contributed by atoms with Crippen LogP contribution in [0.15, 0.2) is 60.7 Å². The molecule has 0 aliphatic heterocycles. The molecule has 0 aliphatic carbocycles. The van der Waals surface area contributed by atoms with Crippen molar-refractivity contribution in [2.45, 2.75) is 46.1 Å². The van der Waals surface area contributed by atoms with Crippen molar-refractivity contribution in [2.24, 2.45) is 5.92 Å². The summed E-state index contributed by atoms with van der Waals surface area (Å²) in [5.41, 5.74) is 2.17. The molecular formula is C22H28O4. The molecule has 1 N–H and O–H groups in total. The second-order valence-electron chi connectivity index (χ2n) is 6.69. The standard InChI is InChI=1S/C15H14O.C7H14O3/c16-15(11-13-7-3-1-4-8-13)12-14-9-5-2-6-10-14;1-5(2)4-6(3)10-7(8)9/h1-10H,11-12H2;5-6H,4H2,1-3H3,(H,8,9). The monoisotopic (exact) mass is 356 g/mol. The molecule has 2 aromatic rings. The molecule has 2 aromatic carbocycles. The van der Waals surface area contributed by atoms with E-state index in [1.807, 2.05) is 74.5 Å². The van der Waals surface area contributed by atoms with E-state index in [0.29, 0.717) is 18.8 Å². The lowest BCUT2D eigenvalue weighted by Crippen LogP contribution is -2.14. The Morgan fingerprint density at radius 1 is 0.846 bits per heavy atom. The Kier molecular flexibility index (Phi) is 9.77. The molecule has 26 heavy (non-hydrogen) atoms. The summed E-state index contributed by atoms with van der Waals surface area (Å²) >= 11 is 0. The lowest BCUT2D eigenvalue weighted by Gasteiger charge is -2.11. The highest BCUT2D eigenvalue weighted by atomic mass is 16.7. The number of carboxylic acid groups (broad SMARTS) is 1. The van der Waals surface area contributed by atoms with Gasteiger partial charge in [0.1, 0.15) is 11.9 Å². The van der Waals surface area contributed by atoms with Crippen LogP contribution in [0.1, 0.15) is 38.3 Å². The van der Waals surface area contributed by atoms with Crippen LogP contribution in [0.2, 0.25) is 0 Å². The summed E-state index contributed by atoms with van der Waals surface area (Å²) in [6, 6.07) is 19.7. The molecule has 0 saturated heterocycles. The first-order chi connectivity index (χ1) is 12.4. The summed E-state index contributed by atoms with van der Waals surface area (Å²) in [5.74, 6) is 0.742. The number of ether oxygens (including phenoxy) is 1. The fraction of sp³-hybridized carbons (Fsp3) is 0.364. The summed E-state index contributed by atoms with van der Waals surface area (Å²) in [6.45, 7) is 5.82. The Hall–Kier alpha value is -2.62. The molecule has 140 valence electrons. The van der Waals surface area contributed by atoms with Crippen molar-refractivity contribution in [2.75, 3.05) is 0 Å². The molecule has 0 aliphatic rings. The van der Waals surface area contributed by atoms with Gasteiger partial charge in [0, 0.05) is 12.8 Å². The highest BCUT2D eigenvalue weighted by Gasteiger charge is 2.08. The lowest BCUT2D eigenvalue weighted by molar-refractivity contribution is -0.117. The Morgan fingerprint density at radius 3 is 1.62 bits per heavy atom. The predicted molar refractivity (Wildman–Crippen MR) is 103 cm³/mol. The van der Waals surface area contributed by atoms with Crippen LogP contribution < -0.4 is 0 Å². The van der Waals surface area contributed by atoms with Gasteiger partial charge in [-0.3, -0.25) is 4.79 Å². The molecule has 2 rings (SSSR count). The number of hydrogen-bond donors (Lipinski definition) is 1. The highest BCUT2D eigenvalue weighted by molar-refractivity contribution is 5.83. The fourth-order valence-electron chi connectivity index (χ4n) is 2.59. The third-order valence-electron chi connectivity index (χ3n) is 3.59. The fourth-order valence-corrected chi connectivity index (χ4v) is 2.59. The third kappa shape index (κ3) is 10.3. The lowest BCUT2D eigenvalue weighted by atomic mass is 10.0. The number of hydrogen-bond acceptors (Lipinski definition) is 3. The Bertz CT molecular complexity index is 607. The largest absolute Gasteiger partial charge is 0.506 e. The van der Waals surface area contributed by atoms with Gasteiger partial charge in [0.05, 0.1) is 0 Å². The van der Waals surface area contributed by atoms with Gasteiger partial charge in [-0.2, -0.15) is 0 Å². The molecule has 4 nitrogen and oxygen atoms in total. The van der Waals surface area contributed by atoms with Crippen molar-refractivity contribution in [1.82, 2.24) is 0 Å². The Labute approximate surface area is 155 Å². The first-order valence-corrected chi connectivity index (χ1v) is 8.86. The van der Waals surface area contributed by atoms with Crippen molar-refractivity contribution in [3.05, 3.63) is 71.8 Å². The van der Waals surface area contributed by atoms with Gasteiger partial charge in [-0.15, -0.1) is 0 Å². The van der Waals surface area contributed by atoms with Crippen LogP contribution in [0.3, 0.4) is 0 Å². The summed E-state index contributed by atoms with van der Waals surface area (Å²) in [5, 5.41) is 8.17. The minimum Gasteiger partial charge on any atom is -0.450 e. The first kappa shape index (κ1) is 21.4. The van der Waals surface area contributed by atoms with Crippen LogP contribution in [-0.4, -0.2) is 23.1 Å². The number of rotatable bonds is 7. The molecule has 0 amide bonds. The van der Waals surface area contributed by atoms with Crippen molar-refractivity contribution < 1.29 is 19.4 Å². The molecule has 0 radical (unpaired) electrons. The van der Waals surface area contributed by atoms with Crippen LogP contribution >= 0.6 is 0 Å². The normalized spacial score (nSPS) is 11.2. The van der Waals surface area contributed by atoms with E-state index in [1.165, 1.54) is 0 Å². The summed E-state index contributed by atoms with van der Waals surface area (Å²) in [6.07, 6.45) is 0.461. The van der Waals surface area contributed by atoms with E-state index in [4.69, 9.17) is 5.11 Å². The van der Waals surface area contributed by atoms with Crippen LogP contribution in [-0.2, 0) is 22.4 Å². The average Bonchev–Trinajstić information content (AvgIpc) is 2.55. The Balaban J connectivity index is 0.000000294. The molecule has 0 heterocycles. The van der Waals surface area contributed by atoms with E-state index >= 15 is 0 Å². The van der Waals surface area contributed by atoms with Crippen LogP contribution in [0, 0.1) is 5.92 Å². The van der Waals surface area contributed by atoms with E-state index in [1.54, 1.807) is 6.92 Å². The smallest absolute Gasteiger partial charge is 0.450 e.